The second-order valence-corrected chi connectivity index (χ2v) is 10.2. The van der Waals surface area contributed by atoms with Crippen molar-refractivity contribution in [1.82, 2.24) is 14.9 Å². The third-order valence-corrected chi connectivity index (χ3v) is 8.99. The minimum Gasteiger partial charge on any atom is -0.331 e. The first kappa shape index (κ1) is 17.8. The molecule has 144 valence electrons. The average molecular weight is 414 g/mol. The summed E-state index contributed by atoms with van der Waals surface area (Å²) in [6.45, 7) is 0.767. The highest BCUT2D eigenvalue weighted by atomic mass is 32.2. The molecule has 2 saturated heterocycles. The van der Waals surface area contributed by atoms with Crippen LogP contribution in [0, 0.1) is 0 Å². The molecule has 3 amide bonds. The van der Waals surface area contributed by atoms with E-state index in [4.69, 9.17) is 0 Å². The maximum absolute atomic E-state index is 12.9. The zero-order valence-corrected chi connectivity index (χ0v) is 16.7. The van der Waals surface area contributed by atoms with Gasteiger partial charge in [0, 0.05) is 47.3 Å². The van der Waals surface area contributed by atoms with Crippen molar-refractivity contribution in [3.63, 3.8) is 0 Å². The lowest BCUT2D eigenvalue weighted by Gasteiger charge is -2.41. The van der Waals surface area contributed by atoms with Crippen molar-refractivity contribution in [3.05, 3.63) is 47.9 Å². The van der Waals surface area contributed by atoms with Crippen LogP contribution in [0.4, 0.5) is 16.3 Å². The lowest BCUT2D eigenvalue weighted by atomic mass is 9.95. The molecule has 0 aliphatic carbocycles. The highest BCUT2D eigenvalue weighted by Gasteiger charge is 2.49. The van der Waals surface area contributed by atoms with E-state index in [9.17, 15) is 9.59 Å². The normalized spacial score (nSPS) is 22.1. The van der Waals surface area contributed by atoms with Crippen LogP contribution in [0.5, 0.6) is 0 Å². The number of hydrogen-bond donors (Lipinski definition) is 2. The van der Waals surface area contributed by atoms with E-state index in [1.165, 1.54) is 23.9 Å². The zero-order chi connectivity index (χ0) is 19.1. The molecule has 1 unspecified atom stereocenters. The van der Waals surface area contributed by atoms with Gasteiger partial charge in [0.15, 0.2) is 5.82 Å². The molecule has 28 heavy (non-hydrogen) atoms. The van der Waals surface area contributed by atoms with E-state index in [1.54, 1.807) is 6.20 Å². The third kappa shape index (κ3) is 3.02. The first-order valence-corrected chi connectivity index (χ1v) is 11.2. The second kappa shape index (κ2) is 6.97. The number of amides is 3. The minimum atomic E-state index is -0.394. The topological polar surface area (TPSA) is 87.2 Å². The number of benzene rings is 1. The Bertz CT molecular complexity index is 933. The van der Waals surface area contributed by atoms with Crippen LogP contribution >= 0.6 is 23.5 Å². The van der Waals surface area contributed by atoms with Crippen molar-refractivity contribution >= 4 is 47.0 Å². The Morgan fingerprint density at radius 3 is 2.86 bits per heavy atom. The Labute approximate surface area is 171 Å². The molecule has 1 spiro atoms. The largest absolute Gasteiger partial charge is 0.331 e. The van der Waals surface area contributed by atoms with Crippen LogP contribution in [0.2, 0.25) is 0 Å². The van der Waals surface area contributed by atoms with E-state index < -0.39 is 6.03 Å². The minimum absolute atomic E-state index is 0.0161. The van der Waals surface area contributed by atoms with Crippen molar-refractivity contribution in [2.75, 3.05) is 28.7 Å². The highest BCUT2D eigenvalue weighted by Crippen LogP contribution is 2.57. The van der Waals surface area contributed by atoms with Gasteiger partial charge < -0.3 is 10.2 Å². The fourth-order valence-corrected chi connectivity index (χ4v) is 7.49. The Balaban J connectivity index is 1.43. The first-order valence-electron chi connectivity index (χ1n) is 9.21. The van der Waals surface area contributed by atoms with E-state index in [0.29, 0.717) is 17.1 Å². The van der Waals surface area contributed by atoms with Crippen molar-refractivity contribution in [3.8, 4) is 0 Å². The van der Waals surface area contributed by atoms with Crippen molar-refractivity contribution in [1.29, 1.82) is 0 Å². The van der Waals surface area contributed by atoms with E-state index in [0.717, 1.165) is 24.9 Å². The van der Waals surface area contributed by atoms with Crippen LogP contribution in [0.25, 0.3) is 0 Å². The predicted molar refractivity (Wildman–Crippen MR) is 112 cm³/mol. The van der Waals surface area contributed by atoms with Crippen molar-refractivity contribution in [2.45, 2.75) is 23.0 Å². The van der Waals surface area contributed by atoms with Gasteiger partial charge in [-0.25, -0.2) is 9.78 Å². The number of anilines is 2. The lowest BCUT2D eigenvalue weighted by molar-refractivity contribution is 0.0669. The summed E-state index contributed by atoms with van der Waals surface area (Å²) < 4.78 is 0.193. The van der Waals surface area contributed by atoms with Gasteiger partial charge >= 0.3 is 6.03 Å². The number of nitrogens with one attached hydrogen (secondary N) is 2. The van der Waals surface area contributed by atoms with Crippen molar-refractivity contribution < 1.29 is 9.59 Å². The Morgan fingerprint density at radius 1 is 1.21 bits per heavy atom. The molecule has 2 fully saturated rings. The van der Waals surface area contributed by atoms with E-state index in [-0.39, 0.29) is 16.0 Å². The van der Waals surface area contributed by atoms with Crippen LogP contribution < -0.4 is 10.6 Å². The van der Waals surface area contributed by atoms with E-state index in [1.807, 2.05) is 46.6 Å². The quantitative estimate of drug-likeness (QED) is 0.782. The van der Waals surface area contributed by atoms with E-state index >= 15 is 0 Å². The number of rotatable bonds is 2. The molecule has 1 aromatic heterocycles. The molecule has 0 radical (unpaired) electrons. The van der Waals surface area contributed by atoms with Crippen LogP contribution in [-0.2, 0) is 0 Å². The first-order chi connectivity index (χ1) is 13.7. The third-order valence-electron chi connectivity index (χ3n) is 5.41. The molecular formula is C19H19N5O2S2. The lowest BCUT2D eigenvalue weighted by Crippen LogP contribution is -2.41. The van der Waals surface area contributed by atoms with Gasteiger partial charge in [-0.05, 0) is 25.0 Å². The molecule has 1 atom stereocenters. The summed E-state index contributed by atoms with van der Waals surface area (Å²) in [7, 11) is 0. The smallest absolute Gasteiger partial charge is 0.324 e. The summed E-state index contributed by atoms with van der Waals surface area (Å²) >= 11 is 4.04. The average Bonchev–Trinajstić information content (AvgIpc) is 3.26. The summed E-state index contributed by atoms with van der Waals surface area (Å²) in [6, 6.07) is 5.17. The van der Waals surface area contributed by atoms with Crippen LogP contribution in [0.3, 0.4) is 0 Å². The van der Waals surface area contributed by atoms with Gasteiger partial charge in [0.25, 0.3) is 5.91 Å². The number of urea groups is 1. The molecule has 0 bridgehead atoms. The molecular weight excluding hydrogens is 394 g/mol. The number of carbonyl (C=O) groups is 2. The van der Waals surface area contributed by atoms with Crippen LogP contribution in [0.15, 0.2) is 36.8 Å². The number of fused-ring (bicyclic) bond motifs is 3. The summed E-state index contributed by atoms with van der Waals surface area (Å²) in [5.74, 6) is 2.78. The summed E-state index contributed by atoms with van der Waals surface area (Å²) in [6.07, 6.45) is 6.50. The summed E-state index contributed by atoms with van der Waals surface area (Å²) in [5.41, 5.74) is 2.33. The molecule has 2 N–H and O–H groups in total. The molecule has 5 rings (SSSR count). The fourth-order valence-electron chi connectivity index (χ4n) is 4.22. The fraction of sp³-hybridized carbons (Fsp3) is 0.368. The van der Waals surface area contributed by atoms with Gasteiger partial charge in [-0.15, -0.1) is 23.5 Å². The molecule has 3 aliphatic heterocycles. The summed E-state index contributed by atoms with van der Waals surface area (Å²) in [4.78, 5) is 35.4. The molecule has 9 heteroatoms. The van der Waals surface area contributed by atoms with Crippen molar-refractivity contribution in [2.24, 2.45) is 0 Å². The van der Waals surface area contributed by atoms with Crippen LogP contribution in [0.1, 0.15) is 34.8 Å². The number of piperidine rings is 1. The second-order valence-electron chi connectivity index (χ2n) is 7.01. The number of aromatic nitrogens is 2. The number of nitrogens with zero attached hydrogens (tertiary/aromatic N) is 3. The summed E-state index contributed by atoms with van der Waals surface area (Å²) in [5, 5.41) is 5.60. The predicted octanol–water partition coefficient (Wildman–Crippen LogP) is 3.59. The number of carbonyl (C=O) groups excluding carboxylic acids is 2. The molecule has 3 aliphatic rings. The Hall–Kier alpha value is -2.26. The van der Waals surface area contributed by atoms with E-state index in [2.05, 4.69) is 20.6 Å². The molecule has 7 nitrogen and oxygen atoms in total. The van der Waals surface area contributed by atoms with Gasteiger partial charge in [-0.3, -0.25) is 15.1 Å². The maximum Gasteiger partial charge on any atom is 0.324 e. The molecule has 0 saturated carbocycles. The molecule has 1 aromatic carbocycles. The maximum atomic E-state index is 12.9. The Kier molecular flexibility index (Phi) is 4.43. The van der Waals surface area contributed by atoms with Gasteiger partial charge in [-0.2, -0.15) is 0 Å². The number of hydrogen-bond acceptors (Lipinski definition) is 6. The Morgan fingerprint density at radius 2 is 2.07 bits per heavy atom. The standard InChI is InChI=1S/C19H19N5O2S2/c25-17-12-2-1-3-13(22-18(26)23-15-11-20-5-6-21-15)16(12)14-10-19(4-7-24(14)17)27-8-9-28-19/h1-3,5-6,11,14H,4,7-10H2,(H2,21,22,23,26). The van der Waals surface area contributed by atoms with Gasteiger partial charge in [0.2, 0.25) is 0 Å². The SMILES string of the molecule is O=C(Nc1cnccn1)Nc1cccc2c1C1CC3(CCN1C2=O)SCCS3. The van der Waals surface area contributed by atoms with Gasteiger partial charge in [0.1, 0.15) is 0 Å². The van der Waals surface area contributed by atoms with Gasteiger partial charge in [0.05, 0.1) is 16.3 Å². The zero-order valence-electron chi connectivity index (χ0n) is 15.1. The van der Waals surface area contributed by atoms with Crippen LogP contribution in [-0.4, -0.2) is 48.9 Å². The molecule has 4 heterocycles. The number of thioether (sulfide) groups is 2. The molecule has 2 aromatic rings. The monoisotopic (exact) mass is 413 g/mol. The highest BCUT2D eigenvalue weighted by molar-refractivity contribution is 8.21. The van der Waals surface area contributed by atoms with Gasteiger partial charge in [-0.1, -0.05) is 6.07 Å².